The number of aromatic nitrogens is 2. The molecule has 1 aromatic heterocycles. The van der Waals surface area contributed by atoms with Crippen LogP contribution in [0.15, 0.2) is 12.1 Å². The molecule has 0 amide bonds. The summed E-state index contributed by atoms with van der Waals surface area (Å²) in [6.07, 6.45) is -9.74. The Kier molecular flexibility index (Phi) is 5.59. The molecule has 0 aliphatic rings. The molecule has 0 saturated carbocycles. The molecule has 2 rings (SSSR count). The number of alkyl halides is 6. The molecule has 0 aliphatic heterocycles. The number of hydrogen-bond acceptors (Lipinski definition) is 3. The number of nitriles is 1. The van der Waals surface area contributed by atoms with Crippen LogP contribution >= 0.6 is 23.2 Å². The summed E-state index contributed by atoms with van der Waals surface area (Å²) in [6.45, 7) is 3.17. The molecule has 0 bridgehead atoms. The van der Waals surface area contributed by atoms with Crippen LogP contribution in [-0.4, -0.2) is 15.8 Å². The normalized spacial score (nSPS) is 12.4. The van der Waals surface area contributed by atoms with E-state index >= 15 is 0 Å². The highest BCUT2D eigenvalue weighted by atomic mass is 35.5. The Morgan fingerprint density at radius 3 is 1.96 bits per heavy atom. The standard InChI is InChI=1S/C15H10Cl2F6N4/c1-6(2)25-13-8(5-24)12(15(21,22)23)26-27(13)11-9(16)3-7(4-10(11)17)14(18,19)20/h3-4,6,25H,1-2H3. The number of nitrogens with zero attached hydrogens (tertiary/aromatic N) is 3. The van der Waals surface area contributed by atoms with Gasteiger partial charge in [-0.2, -0.15) is 36.7 Å². The van der Waals surface area contributed by atoms with Crippen molar-refractivity contribution >= 4 is 29.0 Å². The van der Waals surface area contributed by atoms with Crippen LogP contribution in [0, 0.1) is 11.3 Å². The summed E-state index contributed by atoms with van der Waals surface area (Å²) in [6, 6.07) is 2.01. The van der Waals surface area contributed by atoms with Gasteiger partial charge in [-0.1, -0.05) is 23.2 Å². The topological polar surface area (TPSA) is 53.6 Å². The number of anilines is 1. The van der Waals surface area contributed by atoms with Crippen LogP contribution in [-0.2, 0) is 12.4 Å². The fourth-order valence-corrected chi connectivity index (χ4v) is 2.87. The van der Waals surface area contributed by atoms with Crippen molar-refractivity contribution in [2.24, 2.45) is 0 Å². The lowest BCUT2D eigenvalue weighted by molar-refractivity contribution is -0.141. The van der Waals surface area contributed by atoms with Crippen LogP contribution in [0.5, 0.6) is 0 Å². The largest absolute Gasteiger partial charge is 0.436 e. The molecule has 0 spiro atoms. The van der Waals surface area contributed by atoms with Crippen LogP contribution in [0.4, 0.5) is 32.2 Å². The quantitative estimate of drug-likeness (QED) is 0.615. The summed E-state index contributed by atoms with van der Waals surface area (Å²) >= 11 is 11.7. The first-order valence-electron chi connectivity index (χ1n) is 7.20. The van der Waals surface area contributed by atoms with Crippen molar-refractivity contribution in [3.05, 3.63) is 39.0 Å². The molecule has 12 heteroatoms. The molecule has 1 aromatic carbocycles. The molecule has 0 saturated heterocycles. The zero-order valence-corrected chi connectivity index (χ0v) is 15.1. The van der Waals surface area contributed by atoms with Gasteiger partial charge in [-0.05, 0) is 26.0 Å². The van der Waals surface area contributed by atoms with Gasteiger partial charge < -0.3 is 5.32 Å². The monoisotopic (exact) mass is 430 g/mol. The third-order valence-electron chi connectivity index (χ3n) is 3.25. The summed E-state index contributed by atoms with van der Waals surface area (Å²) in [5.74, 6) is -0.386. The molecule has 27 heavy (non-hydrogen) atoms. The fourth-order valence-electron chi connectivity index (χ4n) is 2.22. The zero-order valence-electron chi connectivity index (χ0n) is 13.6. The lowest BCUT2D eigenvalue weighted by atomic mass is 10.2. The van der Waals surface area contributed by atoms with Gasteiger partial charge in [0.25, 0.3) is 0 Å². The van der Waals surface area contributed by atoms with Crippen molar-refractivity contribution in [2.75, 3.05) is 5.32 Å². The van der Waals surface area contributed by atoms with E-state index in [1.807, 2.05) is 0 Å². The first-order chi connectivity index (χ1) is 12.3. The SMILES string of the molecule is CC(C)Nc1c(C#N)c(C(F)(F)F)nn1-c1c(Cl)cc(C(F)(F)F)cc1Cl. The van der Waals surface area contributed by atoms with Crippen molar-refractivity contribution < 1.29 is 26.3 Å². The zero-order chi connectivity index (χ0) is 20.7. The fraction of sp³-hybridized carbons (Fsp3) is 0.333. The van der Waals surface area contributed by atoms with Crippen molar-refractivity contribution in [1.82, 2.24) is 9.78 Å². The number of rotatable bonds is 3. The van der Waals surface area contributed by atoms with Gasteiger partial charge in [-0.15, -0.1) is 0 Å². The van der Waals surface area contributed by atoms with E-state index in [2.05, 4.69) is 10.4 Å². The summed E-state index contributed by atoms with van der Waals surface area (Å²) in [4.78, 5) is 0. The van der Waals surface area contributed by atoms with Gasteiger partial charge in [0.15, 0.2) is 5.69 Å². The highest BCUT2D eigenvalue weighted by Gasteiger charge is 2.41. The molecule has 0 unspecified atom stereocenters. The van der Waals surface area contributed by atoms with E-state index in [1.54, 1.807) is 13.8 Å². The molecule has 0 atom stereocenters. The minimum atomic E-state index is -4.98. The average molecular weight is 431 g/mol. The minimum absolute atomic E-state index is 0.386. The van der Waals surface area contributed by atoms with E-state index in [4.69, 9.17) is 28.5 Å². The predicted molar refractivity (Wildman–Crippen MR) is 87.1 cm³/mol. The van der Waals surface area contributed by atoms with Crippen molar-refractivity contribution in [3.63, 3.8) is 0 Å². The van der Waals surface area contributed by atoms with Gasteiger partial charge in [0, 0.05) is 6.04 Å². The maximum atomic E-state index is 13.2. The third-order valence-corrected chi connectivity index (χ3v) is 3.82. The van der Waals surface area contributed by atoms with Crippen LogP contribution in [0.25, 0.3) is 5.69 Å². The van der Waals surface area contributed by atoms with Crippen LogP contribution < -0.4 is 5.32 Å². The smallest absolute Gasteiger partial charge is 0.367 e. The Balaban J connectivity index is 2.83. The van der Waals surface area contributed by atoms with Crippen LogP contribution in [0.1, 0.15) is 30.7 Å². The Bertz CT molecular complexity index is 886. The number of halogens is 8. The van der Waals surface area contributed by atoms with E-state index in [1.165, 1.54) is 6.07 Å². The minimum Gasteiger partial charge on any atom is -0.367 e. The number of nitrogens with one attached hydrogen (secondary N) is 1. The molecular formula is C15H10Cl2F6N4. The Morgan fingerprint density at radius 1 is 1.07 bits per heavy atom. The van der Waals surface area contributed by atoms with Gasteiger partial charge in [0.2, 0.25) is 0 Å². The van der Waals surface area contributed by atoms with Crippen LogP contribution in [0.2, 0.25) is 10.0 Å². The highest BCUT2D eigenvalue weighted by molar-refractivity contribution is 6.38. The first-order valence-corrected chi connectivity index (χ1v) is 7.96. The summed E-state index contributed by atoms with van der Waals surface area (Å²) in [7, 11) is 0. The maximum Gasteiger partial charge on any atom is 0.436 e. The summed E-state index contributed by atoms with van der Waals surface area (Å²) in [5.41, 5.74) is -3.94. The van der Waals surface area contributed by atoms with Gasteiger partial charge in [-0.3, -0.25) is 0 Å². The van der Waals surface area contributed by atoms with E-state index in [0.29, 0.717) is 16.8 Å². The number of hydrogen-bond donors (Lipinski definition) is 1. The Morgan fingerprint density at radius 2 is 1.59 bits per heavy atom. The third kappa shape index (κ3) is 4.25. The maximum absolute atomic E-state index is 13.2. The molecule has 1 N–H and O–H groups in total. The first kappa shape index (κ1) is 21.2. The lowest BCUT2D eigenvalue weighted by Gasteiger charge is -2.16. The molecule has 1 heterocycles. The van der Waals surface area contributed by atoms with Gasteiger partial charge in [0.1, 0.15) is 23.1 Å². The average Bonchev–Trinajstić information content (AvgIpc) is 2.83. The van der Waals surface area contributed by atoms with Crippen molar-refractivity contribution in [1.29, 1.82) is 5.26 Å². The predicted octanol–water partition coefficient (Wildman–Crippen LogP) is 5.91. The van der Waals surface area contributed by atoms with Gasteiger partial charge in [0.05, 0.1) is 15.6 Å². The number of benzene rings is 1. The van der Waals surface area contributed by atoms with E-state index < -0.39 is 50.9 Å². The van der Waals surface area contributed by atoms with Gasteiger partial charge in [-0.25, -0.2) is 4.68 Å². The molecule has 0 aliphatic carbocycles. The Hall–Kier alpha value is -2.12. The van der Waals surface area contributed by atoms with E-state index in [9.17, 15) is 26.3 Å². The summed E-state index contributed by atoms with van der Waals surface area (Å²) < 4.78 is 78.9. The molecule has 4 nitrogen and oxygen atoms in total. The lowest BCUT2D eigenvalue weighted by Crippen LogP contribution is -2.15. The molecule has 0 fully saturated rings. The second kappa shape index (κ2) is 7.13. The van der Waals surface area contributed by atoms with E-state index in [-0.39, 0.29) is 5.82 Å². The molecule has 2 aromatic rings. The second-order valence-electron chi connectivity index (χ2n) is 5.68. The van der Waals surface area contributed by atoms with E-state index in [0.717, 1.165) is 0 Å². The highest BCUT2D eigenvalue weighted by Crippen LogP contribution is 2.41. The van der Waals surface area contributed by atoms with Crippen LogP contribution in [0.3, 0.4) is 0 Å². The molecule has 146 valence electrons. The molecular weight excluding hydrogens is 421 g/mol. The van der Waals surface area contributed by atoms with Crippen molar-refractivity contribution in [3.8, 4) is 11.8 Å². The van der Waals surface area contributed by atoms with Gasteiger partial charge >= 0.3 is 12.4 Å². The van der Waals surface area contributed by atoms with Crippen molar-refractivity contribution in [2.45, 2.75) is 32.2 Å². The molecule has 0 radical (unpaired) electrons. The Labute approximate surface area is 159 Å². The summed E-state index contributed by atoms with van der Waals surface area (Å²) in [5, 5.41) is 14.0. The second-order valence-corrected chi connectivity index (χ2v) is 6.49.